The minimum Gasteiger partial charge on any atom is -0.384 e. The fourth-order valence-corrected chi connectivity index (χ4v) is 0.720. The molecule has 0 atom stereocenters. The first-order chi connectivity index (χ1) is 5.86. The quantitative estimate of drug-likeness (QED) is 0.607. The average Bonchev–Trinajstić information content (AvgIpc) is 2.15. The van der Waals surface area contributed by atoms with Crippen LogP contribution in [0.5, 0.6) is 0 Å². The van der Waals surface area contributed by atoms with Crippen molar-refractivity contribution in [2.24, 2.45) is 0 Å². The smallest absolute Gasteiger partial charge is 0.204 e. The van der Waals surface area contributed by atoms with Gasteiger partial charge in [0.1, 0.15) is 6.61 Å². The summed E-state index contributed by atoms with van der Waals surface area (Å²) in [7, 11) is 0. The van der Waals surface area contributed by atoms with Gasteiger partial charge in [0.05, 0.1) is 0 Å². The second-order valence-corrected chi connectivity index (χ2v) is 2.23. The Bertz CT molecular complexity index is 295. The highest BCUT2D eigenvalue weighted by molar-refractivity contribution is 5.21. The molecule has 0 radical (unpaired) electrons. The highest BCUT2D eigenvalue weighted by atomic mass is 16.2. The van der Waals surface area contributed by atoms with Crippen LogP contribution in [-0.4, -0.2) is 21.7 Å². The van der Waals surface area contributed by atoms with Crippen molar-refractivity contribution in [3.63, 3.8) is 0 Å². The summed E-state index contributed by atoms with van der Waals surface area (Å²) in [5.74, 6) is 5.57. The summed E-state index contributed by atoms with van der Waals surface area (Å²) in [6.45, 7) is 1.89. The monoisotopic (exact) mass is 162 g/mol. The Balaban J connectivity index is 2.78. The first-order valence-electron chi connectivity index (χ1n) is 3.77. The second-order valence-electron chi connectivity index (χ2n) is 2.23. The number of aliphatic hydroxyl groups is 1. The van der Waals surface area contributed by atoms with E-state index in [1.165, 1.54) is 0 Å². The number of aryl methyl sites for hydroxylation is 1. The van der Waals surface area contributed by atoms with Gasteiger partial charge in [0, 0.05) is 12.4 Å². The molecule has 1 rings (SSSR count). The predicted octanol–water partition coefficient (Wildman–Crippen LogP) is 0.383. The molecule has 0 saturated carbocycles. The van der Waals surface area contributed by atoms with Crippen molar-refractivity contribution >= 4 is 0 Å². The van der Waals surface area contributed by atoms with Crippen molar-refractivity contribution in [1.29, 1.82) is 0 Å². The zero-order valence-electron chi connectivity index (χ0n) is 6.91. The van der Waals surface area contributed by atoms with E-state index in [0.29, 0.717) is 5.82 Å². The zero-order valence-corrected chi connectivity index (χ0v) is 6.91. The second kappa shape index (κ2) is 4.47. The number of nitrogens with zero attached hydrogens (tertiary/aromatic N) is 2. The third kappa shape index (κ3) is 2.33. The van der Waals surface area contributed by atoms with Crippen LogP contribution in [0.2, 0.25) is 0 Å². The van der Waals surface area contributed by atoms with Crippen LogP contribution in [0.3, 0.4) is 0 Å². The maximum Gasteiger partial charge on any atom is 0.204 e. The molecule has 1 heterocycles. The Morgan fingerprint density at radius 1 is 1.42 bits per heavy atom. The first-order valence-corrected chi connectivity index (χ1v) is 3.77. The molecule has 0 spiro atoms. The van der Waals surface area contributed by atoms with E-state index in [4.69, 9.17) is 5.11 Å². The molecule has 0 aliphatic rings. The summed E-state index contributed by atoms with van der Waals surface area (Å²) < 4.78 is 0. The standard InChI is InChI=1S/C9H10N2O/c1-2-8-6-10-9(11-7-8)4-3-5-12/h6-7,12H,2,5H2,1H3. The number of rotatable bonds is 1. The summed E-state index contributed by atoms with van der Waals surface area (Å²) in [6, 6.07) is 0. The van der Waals surface area contributed by atoms with Gasteiger partial charge in [-0.25, -0.2) is 9.97 Å². The van der Waals surface area contributed by atoms with E-state index in [0.717, 1.165) is 12.0 Å². The lowest BCUT2D eigenvalue weighted by Crippen LogP contribution is -1.91. The van der Waals surface area contributed by atoms with Gasteiger partial charge < -0.3 is 5.11 Å². The zero-order chi connectivity index (χ0) is 8.81. The van der Waals surface area contributed by atoms with Gasteiger partial charge >= 0.3 is 0 Å². The molecule has 3 heteroatoms. The number of hydrogen-bond acceptors (Lipinski definition) is 3. The van der Waals surface area contributed by atoms with Crippen LogP contribution >= 0.6 is 0 Å². The fraction of sp³-hybridized carbons (Fsp3) is 0.333. The molecular weight excluding hydrogens is 152 g/mol. The molecule has 0 bridgehead atoms. The molecule has 0 fully saturated rings. The minimum atomic E-state index is -0.154. The largest absolute Gasteiger partial charge is 0.384 e. The molecule has 0 aliphatic carbocycles. The van der Waals surface area contributed by atoms with E-state index in [1.807, 2.05) is 6.92 Å². The molecule has 0 amide bonds. The van der Waals surface area contributed by atoms with Gasteiger partial charge in [-0.3, -0.25) is 0 Å². The topological polar surface area (TPSA) is 46.0 Å². The summed E-state index contributed by atoms with van der Waals surface area (Å²) in [6.07, 6.45) is 4.41. The van der Waals surface area contributed by atoms with E-state index >= 15 is 0 Å². The Morgan fingerprint density at radius 2 is 2.08 bits per heavy atom. The van der Waals surface area contributed by atoms with E-state index in [2.05, 4.69) is 21.8 Å². The van der Waals surface area contributed by atoms with Crippen molar-refractivity contribution in [2.45, 2.75) is 13.3 Å². The first kappa shape index (κ1) is 8.69. The molecule has 1 aromatic rings. The summed E-state index contributed by atoms with van der Waals surface area (Å²) in [5.41, 5.74) is 1.09. The molecule has 3 nitrogen and oxygen atoms in total. The Labute approximate surface area is 71.5 Å². The number of hydrogen-bond donors (Lipinski definition) is 1. The van der Waals surface area contributed by atoms with Gasteiger partial charge in [0.2, 0.25) is 5.82 Å². The molecule has 0 aliphatic heterocycles. The van der Waals surface area contributed by atoms with Crippen LogP contribution in [0, 0.1) is 11.8 Å². The molecular formula is C9H10N2O. The highest BCUT2D eigenvalue weighted by Crippen LogP contribution is 1.94. The third-order valence-corrected chi connectivity index (χ3v) is 1.39. The van der Waals surface area contributed by atoms with E-state index in [-0.39, 0.29) is 6.61 Å². The van der Waals surface area contributed by atoms with Gasteiger partial charge in [-0.15, -0.1) is 0 Å². The maximum absolute atomic E-state index is 8.40. The van der Waals surface area contributed by atoms with Crippen LogP contribution in [-0.2, 0) is 6.42 Å². The van der Waals surface area contributed by atoms with Crippen molar-refractivity contribution in [1.82, 2.24) is 9.97 Å². The van der Waals surface area contributed by atoms with Gasteiger partial charge in [-0.1, -0.05) is 12.8 Å². The van der Waals surface area contributed by atoms with Gasteiger partial charge in [0.15, 0.2) is 0 Å². The summed E-state index contributed by atoms with van der Waals surface area (Å²) >= 11 is 0. The average molecular weight is 162 g/mol. The Hall–Kier alpha value is -1.40. The molecule has 0 aromatic carbocycles. The predicted molar refractivity (Wildman–Crippen MR) is 45.4 cm³/mol. The summed E-state index contributed by atoms with van der Waals surface area (Å²) in [4.78, 5) is 7.98. The lowest BCUT2D eigenvalue weighted by Gasteiger charge is -1.92. The number of aliphatic hydroxyl groups excluding tert-OH is 1. The van der Waals surface area contributed by atoms with Gasteiger partial charge in [0.25, 0.3) is 0 Å². The fourth-order valence-electron chi connectivity index (χ4n) is 0.720. The van der Waals surface area contributed by atoms with Crippen LogP contribution < -0.4 is 0 Å². The van der Waals surface area contributed by atoms with E-state index in [1.54, 1.807) is 12.4 Å². The van der Waals surface area contributed by atoms with Crippen molar-refractivity contribution in [2.75, 3.05) is 6.61 Å². The van der Waals surface area contributed by atoms with Crippen molar-refractivity contribution < 1.29 is 5.11 Å². The molecule has 0 unspecified atom stereocenters. The minimum absolute atomic E-state index is 0.154. The Kier molecular flexibility index (Phi) is 3.24. The van der Waals surface area contributed by atoms with Crippen LogP contribution in [0.1, 0.15) is 18.3 Å². The maximum atomic E-state index is 8.40. The molecule has 12 heavy (non-hydrogen) atoms. The lowest BCUT2D eigenvalue weighted by molar-refractivity contribution is 0.350. The lowest BCUT2D eigenvalue weighted by atomic mass is 10.3. The summed E-state index contributed by atoms with van der Waals surface area (Å²) in [5, 5.41) is 8.40. The number of aromatic nitrogens is 2. The van der Waals surface area contributed by atoms with Crippen LogP contribution in [0.15, 0.2) is 12.4 Å². The highest BCUT2D eigenvalue weighted by Gasteiger charge is 1.90. The van der Waals surface area contributed by atoms with Crippen molar-refractivity contribution in [3.8, 4) is 11.8 Å². The van der Waals surface area contributed by atoms with Crippen molar-refractivity contribution in [3.05, 3.63) is 23.8 Å². The third-order valence-electron chi connectivity index (χ3n) is 1.39. The van der Waals surface area contributed by atoms with Gasteiger partial charge in [-0.05, 0) is 17.9 Å². The molecule has 0 saturated heterocycles. The van der Waals surface area contributed by atoms with E-state index in [9.17, 15) is 0 Å². The molecule has 1 N–H and O–H groups in total. The molecule has 1 aromatic heterocycles. The van der Waals surface area contributed by atoms with Crippen LogP contribution in [0.4, 0.5) is 0 Å². The van der Waals surface area contributed by atoms with Gasteiger partial charge in [-0.2, -0.15) is 0 Å². The Morgan fingerprint density at radius 3 is 2.58 bits per heavy atom. The van der Waals surface area contributed by atoms with Crippen LogP contribution in [0.25, 0.3) is 0 Å². The molecule has 62 valence electrons. The normalized spacial score (nSPS) is 8.83. The SMILES string of the molecule is CCc1cnc(C#CCO)nc1. The van der Waals surface area contributed by atoms with E-state index < -0.39 is 0 Å².